The fourth-order valence-corrected chi connectivity index (χ4v) is 1.55. The van der Waals surface area contributed by atoms with E-state index >= 15 is 0 Å². The van der Waals surface area contributed by atoms with Crippen molar-refractivity contribution >= 4 is 0 Å². The first-order valence-corrected chi connectivity index (χ1v) is 5.70. The first-order chi connectivity index (χ1) is 7.22. The minimum Gasteiger partial charge on any atom is -0.310 e. The molecule has 2 heteroatoms. The summed E-state index contributed by atoms with van der Waals surface area (Å²) in [5, 5.41) is 3.39. The Kier molecular flexibility index (Phi) is 5.33. The third kappa shape index (κ3) is 4.93. The van der Waals surface area contributed by atoms with Gasteiger partial charge in [-0.15, -0.1) is 0 Å². The van der Waals surface area contributed by atoms with Crippen LogP contribution in [0, 0.1) is 5.82 Å². The Balaban J connectivity index is 2.30. The van der Waals surface area contributed by atoms with Crippen molar-refractivity contribution in [3.8, 4) is 0 Å². The van der Waals surface area contributed by atoms with E-state index in [1.54, 1.807) is 12.1 Å². The zero-order valence-corrected chi connectivity index (χ0v) is 9.59. The SMILES string of the molecule is CCCCC(C)NCc1cccc(F)c1. The van der Waals surface area contributed by atoms with Crippen LogP contribution >= 0.6 is 0 Å². The zero-order valence-electron chi connectivity index (χ0n) is 9.59. The first-order valence-electron chi connectivity index (χ1n) is 5.70. The van der Waals surface area contributed by atoms with E-state index in [1.165, 1.54) is 25.3 Å². The Morgan fingerprint density at radius 3 is 2.87 bits per heavy atom. The lowest BCUT2D eigenvalue weighted by Gasteiger charge is -2.13. The maximum Gasteiger partial charge on any atom is 0.123 e. The predicted molar refractivity (Wildman–Crippen MR) is 62.2 cm³/mol. The normalized spacial score (nSPS) is 12.7. The number of nitrogens with one attached hydrogen (secondary N) is 1. The molecule has 1 atom stereocenters. The van der Waals surface area contributed by atoms with Crippen molar-refractivity contribution in [2.45, 2.75) is 45.7 Å². The summed E-state index contributed by atoms with van der Waals surface area (Å²) in [4.78, 5) is 0. The van der Waals surface area contributed by atoms with Gasteiger partial charge in [0.1, 0.15) is 5.82 Å². The molecule has 15 heavy (non-hydrogen) atoms. The molecule has 0 aromatic heterocycles. The van der Waals surface area contributed by atoms with Crippen molar-refractivity contribution < 1.29 is 4.39 Å². The number of rotatable bonds is 6. The van der Waals surface area contributed by atoms with E-state index in [9.17, 15) is 4.39 Å². The van der Waals surface area contributed by atoms with Gasteiger partial charge in [-0.1, -0.05) is 31.9 Å². The van der Waals surface area contributed by atoms with Crippen molar-refractivity contribution in [3.05, 3.63) is 35.6 Å². The molecule has 0 bridgehead atoms. The number of hydrogen-bond donors (Lipinski definition) is 1. The Bertz CT molecular complexity index is 286. The summed E-state index contributed by atoms with van der Waals surface area (Å²) in [5.74, 6) is -0.157. The standard InChI is InChI=1S/C13H20FN/c1-3-4-6-11(2)15-10-12-7-5-8-13(14)9-12/h5,7-9,11,15H,3-4,6,10H2,1-2H3. The number of halogens is 1. The van der Waals surface area contributed by atoms with E-state index in [0.29, 0.717) is 6.04 Å². The number of benzene rings is 1. The first kappa shape index (κ1) is 12.2. The quantitative estimate of drug-likeness (QED) is 0.756. The van der Waals surface area contributed by atoms with Gasteiger partial charge in [-0.3, -0.25) is 0 Å². The lowest BCUT2D eigenvalue weighted by molar-refractivity contribution is 0.494. The van der Waals surface area contributed by atoms with Crippen LogP contribution in [0.2, 0.25) is 0 Å². The molecule has 1 aromatic carbocycles. The molecule has 0 amide bonds. The summed E-state index contributed by atoms with van der Waals surface area (Å²) in [6, 6.07) is 7.27. The summed E-state index contributed by atoms with van der Waals surface area (Å²) in [7, 11) is 0. The molecule has 0 saturated heterocycles. The van der Waals surface area contributed by atoms with Crippen LogP contribution in [0.3, 0.4) is 0 Å². The third-order valence-electron chi connectivity index (χ3n) is 2.53. The summed E-state index contributed by atoms with van der Waals surface area (Å²) in [6.07, 6.45) is 3.66. The largest absolute Gasteiger partial charge is 0.310 e. The van der Waals surface area contributed by atoms with Gasteiger partial charge >= 0.3 is 0 Å². The van der Waals surface area contributed by atoms with E-state index in [-0.39, 0.29) is 5.82 Å². The molecule has 0 aliphatic heterocycles. The summed E-state index contributed by atoms with van der Waals surface area (Å²) < 4.78 is 12.9. The molecule has 0 fully saturated rings. The molecule has 0 heterocycles. The average Bonchev–Trinajstić information content (AvgIpc) is 2.23. The van der Waals surface area contributed by atoms with E-state index < -0.39 is 0 Å². The van der Waals surface area contributed by atoms with Gasteiger partial charge in [0, 0.05) is 12.6 Å². The van der Waals surface area contributed by atoms with Crippen molar-refractivity contribution in [2.24, 2.45) is 0 Å². The topological polar surface area (TPSA) is 12.0 Å². The molecule has 84 valence electrons. The summed E-state index contributed by atoms with van der Waals surface area (Å²) in [5.41, 5.74) is 1.01. The highest BCUT2D eigenvalue weighted by molar-refractivity contribution is 5.15. The maximum atomic E-state index is 12.9. The minimum absolute atomic E-state index is 0.157. The predicted octanol–water partition coefficient (Wildman–Crippen LogP) is 3.49. The van der Waals surface area contributed by atoms with Gasteiger partial charge in [-0.05, 0) is 31.0 Å². The van der Waals surface area contributed by atoms with E-state index in [4.69, 9.17) is 0 Å². The van der Waals surface area contributed by atoms with Crippen LogP contribution in [-0.2, 0) is 6.54 Å². The van der Waals surface area contributed by atoms with Crippen LogP contribution in [0.15, 0.2) is 24.3 Å². The van der Waals surface area contributed by atoms with Crippen molar-refractivity contribution in [2.75, 3.05) is 0 Å². The second-order valence-corrected chi connectivity index (χ2v) is 4.05. The highest BCUT2D eigenvalue weighted by atomic mass is 19.1. The highest BCUT2D eigenvalue weighted by Gasteiger charge is 2.01. The molecule has 1 unspecified atom stereocenters. The summed E-state index contributed by atoms with van der Waals surface area (Å²) in [6.45, 7) is 5.12. The fraction of sp³-hybridized carbons (Fsp3) is 0.538. The minimum atomic E-state index is -0.157. The molecule has 1 N–H and O–H groups in total. The molecular weight excluding hydrogens is 189 g/mol. The zero-order chi connectivity index (χ0) is 11.1. The van der Waals surface area contributed by atoms with Gasteiger partial charge in [0.2, 0.25) is 0 Å². The third-order valence-corrected chi connectivity index (χ3v) is 2.53. The van der Waals surface area contributed by atoms with Gasteiger partial charge in [0.15, 0.2) is 0 Å². The van der Waals surface area contributed by atoms with E-state index in [1.807, 2.05) is 6.07 Å². The number of hydrogen-bond acceptors (Lipinski definition) is 1. The van der Waals surface area contributed by atoms with Gasteiger partial charge < -0.3 is 5.32 Å². The van der Waals surface area contributed by atoms with Crippen LogP contribution in [0.4, 0.5) is 4.39 Å². The van der Waals surface area contributed by atoms with Gasteiger partial charge in [-0.25, -0.2) is 4.39 Å². The fourth-order valence-electron chi connectivity index (χ4n) is 1.55. The Labute approximate surface area is 91.7 Å². The van der Waals surface area contributed by atoms with Crippen LogP contribution in [0.1, 0.15) is 38.7 Å². The van der Waals surface area contributed by atoms with Crippen LogP contribution in [-0.4, -0.2) is 6.04 Å². The lowest BCUT2D eigenvalue weighted by atomic mass is 10.1. The van der Waals surface area contributed by atoms with Gasteiger partial charge in [0.25, 0.3) is 0 Å². The molecular formula is C13H20FN. The Morgan fingerprint density at radius 1 is 1.40 bits per heavy atom. The Morgan fingerprint density at radius 2 is 2.20 bits per heavy atom. The van der Waals surface area contributed by atoms with E-state index in [2.05, 4.69) is 19.2 Å². The van der Waals surface area contributed by atoms with Crippen molar-refractivity contribution in [1.29, 1.82) is 0 Å². The van der Waals surface area contributed by atoms with Gasteiger partial charge in [-0.2, -0.15) is 0 Å². The van der Waals surface area contributed by atoms with Crippen LogP contribution in [0.5, 0.6) is 0 Å². The molecule has 0 aliphatic carbocycles. The number of unbranched alkanes of at least 4 members (excludes halogenated alkanes) is 1. The van der Waals surface area contributed by atoms with E-state index in [0.717, 1.165) is 12.1 Å². The molecule has 1 rings (SSSR count). The lowest BCUT2D eigenvalue weighted by Crippen LogP contribution is -2.25. The van der Waals surface area contributed by atoms with Crippen molar-refractivity contribution in [3.63, 3.8) is 0 Å². The van der Waals surface area contributed by atoms with Crippen molar-refractivity contribution in [1.82, 2.24) is 5.32 Å². The molecule has 0 aliphatic rings. The molecule has 1 nitrogen and oxygen atoms in total. The monoisotopic (exact) mass is 209 g/mol. The summed E-state index contributed by atoms with van der Waals surface area (Å²) >= 11 is 0. The molecule has 0 radical (unpaired) electrons. The smallest absolute Gasteiger partial charge is 0.123 e. The average molecular weight is 209 g/mol. The van der Waals surface area contributed by atoms with Crippen LogP contribution < -0.4 is 5.32 Å². The van der Waals surface area contributed by atoms with Crippen LogP contribution in [0.25, 0.3) is 0 Å². The maximum absolute atomic E-state index is 12.9. The highest BCUT2D eigenvalue weighted by Crippen LogP contribution is 2.05. The molecule has 0 spiro atoms. The Hall–Kier alpha value is -0.890. The van der Waals surface area contributed by atoms with Gasteiger partial charge in [0.05, 0.1) is 0 Å². The molecule has 1 aromatic rings. The molecule has 0 saturated carbocycles. The second-order valence-electron chi connectivity index (χ2n) is 4.05. The second kappa shape index (κ2) is 6.57.